The summed E-state index contributed by atoms with van der Waals surface area (Å²) in [6.07, 6.45) is 5.34. The van der Waals surface area contributed by atoms with Crippen LogP contribution in [0.2, 0.25) is 0 Å². The maximum atomic E-state index is 3.80. The van der Waals surface area contributed by atoms with Crippen molar-refractivity contribution in [3.8, 4) is 0 Å². The summed E-state index contributed by atoms with van der Waals surface area (Å²) in [6.45, 7) is 16.7. The Kier molecular flexibility index (Phi) is 6.65. The van der Waals surface area contributed by atoms with Gasteiger partial charge in [-0.15, -0.1) is 0 Å². The molecule has 0 radical (unpaired) electrons. The maximum absolute atomic E-state index is 3.80. The molecule has 1 fully saturated rings. The molecule has 2 atom stereocenters. The second-order valence-corrected chi connectivity index (χ2v) is 7.14. The smallest absolute Gasteiger partial charge is 0.00798 e. The summed E-state index contributed by atoms with van der Waals surface area (Å²) < 4.78 is 0. The molecule has 1 N–H and O–H groups in total. The SMILES string of the molecule is CCCN1CCCC(NCC(C)C(C)(C)C)CC1. The van der Waals surface area contributed by atoms with Gasteiger partial charge in [-0.3, -0.25) is 0 Å². The molecule has 0 spiro atoms. The molecule has 2 heteroatoms. The van der Waals surface area contributed by atoms with Crippen molar-refractivity contribution in [1.82, 2.24) is 10.2 Å². The van der Waals surface area contributed by atoms with Crippen LogP contribution in [0.4, 0.5) is 0 Å². The molecule has 1 heterocycles. The Morgan fingerprint density at radius 3 is 2.56 bits per heavy atom. The van der Waals surface area contributed by atoms with Crippen molar-refractivity contribution in [2.45, 2.75) is 66.3 Å². The second kappa shape index (κ2) is 7.49. The molecule has 1 aliphatic rings. The van der Waals surface area contributed by atoms with Crippen LogP contribution in [-0.2, 0) is 0 Å². The lowest BCUT2D eigenvalue weighted by Gasteiger charge is -2.29. The molecule has 0 saturated carbocycles. The number of rotatable bonds is 5. The summed E-state index contributed by atoms with van der Waals surface area (Å²) in [5.74, 6) is 0.743. The Morgan fingerprint density at radius 1 is 1.22 bits per heavy atom. The summed E-state index contributed by atoms with van der Waals surface area (Å²) in [7, 11) is 0. The van der Waals surface area contributed by atoms with E-state index in [9.17, 15) is 0 Å². The van der Waals surface area contributed by atoms with Crippen molar-refractivity contribution in [3.05, 3.63) is 0 Å². The molecule has 2 nitrogen and oxygen atoms in total. The van der Waals surface area contributed by atoms with Crippen LogP contribution in [0.25, 0.3) is 0 Å². The first-order valence-electron chi connectivity index (χ1n) is 7.89. The van der Waals surface area contributed by atoms with Gasteiger partial charge in [0, 0.05) is 6.04 Å². The van der Waals surface area contributed by atoms with Crippen LogP contribution in [0.15, 0.2) is 0 Å². The largest absolute Gasteiger partial charge is 0.314 e. The Morgan fingerprint density at radius 2 is 1.94 bits per heavy atom. The summed E-state index contributed by atoms with van der Waals surface area (Å²) in [5.41, 5.74) is 0.423. The van der Waals surface area contributed by atoms with Crippen LogP contribution in [0.3, 0.4) is 0 Å². The van der Waals surface area contributed by atoms with E-state index in [1.807, 2.05) is 0 Å². The van der Waals surface area contributed by atoms with Crippen molar-refractivity contribution in [2.24, 2.45) is 11.3 Å². The third-order valence-corrected chi connectivity index (χ3v) is 4.55. The van der Waals surface area contributed by atoms with Crippen molar-refractivity contribution < 1.29 is 0 Å². The highest BCUT2D eigenvalue weighted by atomic mass is 15.1. The molecule has 0 aromatic carbocycles. The lowest BCUT2D eigenvalue weighted by Crippen LogP contribution is -2.37. The second-order valence-electron chi connectivity index (χ2n) is 7.14. The highest BCUT2D eigenvalue weighted by Gasteiger charge is 2.22. The lowest BCUT2D eigenvalue weighted by atomic mass is 9.82. The maximum Gasteiger partial charge on any atom is 0.00798 e. The predicted molar refractivity (Wildman–Crippen MR) is 81.0 cm³/mol. The van der Waals surface area contributed by atoms with Gasteiger partial charge in [-0.05, 0) is 63.2 Å². The van der Waals surface area contributed by atoms with E-state index < -0.39 is 0 Å². The van der Waals surface area contributed by atoms with Crippen LogP contribution >= 0.6 is 0 Å². The van der Waals surface area contributed by atoms with E-state index in [0.717, 1.165) is 12.0 Å². The minimum Gasteiger partial charge on any atom is -0.314 e. The zero-order valence-corrected chi connectivity index (χ0v) is 13.3. The van der Waals surface area contributed by atoms with Gasteiger partial charge in [-0.1, -0.05) is 34.6 Å². The number of likely N-dealkylation sites (tertiary alicyclic amines) is 1. The number of nitrogens with one attached hydrogen (secondary N) is 1. The van der Waals surface area contributed by atoms with Gasteiger partial charge in [-0.25, -0.2) is 0 Å². The van der Waals surface area contributed by atoms with E-state index in [1.165, 1.54) is 51.9 Å². The molecular formula is C16H34N2. The fourth-order valence-corrected chi connectivity index (χ4v) is 2.55. The van der Waals surface area contributed by atoms with E-state index in [4.69, 9.17) is 0 Å². The Hall–Kier alpha value is -0.0800. The van der Waals surface area contributed by atoms with E-state index in [1.54, 1.807) is 0 Å². The molecule has 0 aliphatic carbocycles. The quantitative estimate of drug-likeness (QED) is 0.807. The molecule has 108 valence electrons. The van der Waals surface area contributed by atoms with Crippen LogP contribution < -0.4 is 5.32 Å². The molecule has 0 amide bonds. The number of hydrogen-bond donors (Lipinski definition) is 1. The number of hydrogen-bond acceptors (Lipinski definition) is 2. The topological polar surface area (TPSA) is 15.3 Å². The third-order valence-electron chi connectivity index (χ3n) is 4.55. The van der Waals surface area contributed by atoms with Crippen molar-refractivity contribution in [1.29, 1.82) is 0 Å². The molecular weight excluding hydrogens is 220 g/mol. The molecule has 1 saturated heterocycles. The first-order valence-corrected chi connectivity index (χ1v) is 7.89. The standard InChI is InChI=1S/C16H34N2/c1-6-10-18-11-7-8-15(9-12-18)17-13-14(2)16(3,4)5/h14-15,17H,6-13H2,1-5H3. The average Bonchev–Trinajstić information content (AvgIpc) is 2.51. The van der Waals surface area contributed by atoms with E-state index >= 15 is 0 Å². The molecule has 1 aliphatic heterocycles. The Balaban J connectivity index is 2.27. The van der Waals surface area contributed by atoms with Crippen LogP contribution in [0.5, 0.6) is 0 Å². The third kappa shape index (κ3) is 5.71. The highest BCUT2D eigenvalue weighted by molar-refractivity contribution is 4.78. The fraction of sp³-hybridized carbons (Fsp3) is 1.00. The zero-order valence-electron chi connectivity index (χ0n) is 13.3. The Bertz CT molecular complexity index is 220. The lowest BCUT2D eigenvalue weighted by molar-refractivity contribution is 0.240. The van der Waals surface area contributed by atoms with Gasteiger partial charge in [0.05, 0.1) is 0 Å². The fourth-order valence-electron chi connectivity index (χ4n) is 2.55. The first kappa shape index (κ1) is 16.0. The zero-order chi connectivity index (χ0) is 13.6. The molecule has 1 rings (SSSR count). The summed E-state index contributed by atoms with van der Waals surface area (Å²) in [4.78, 5) is 2.63. The van der Waals surface area contributed by atoms with E-state index in [0.29, 0.717) is 5.41 Å². The van der Waals surface area contributed by atoms with Gasteiger partial charge < -0.3 is 10.2 Å². The van der Waals surface area contributed by atoms with Crippen LogP contribution in [0.1, 0.15) is 60.3 Å². The molecule has 18 heavy (non-hydrogen) atoms. The van der Waals surface area contributed by atoms with Crippen molar-refractivity contribution in [2.75, 3.05) is 26.2 Å². The summed E-state index contributed by atoms with van der Waals surface area (Å²) in [6, 6.07) is 0.747. The van der Waals surface area contributed by atoms with Gasteiger partial charge in [-0.2, -0.15) is 0 Å². The molecule has 0 aromatic heterocycles. The van der Waals surface area contributed by atoms with Gasteiger partial charge in [0.2, 0.25) is 0 Å². The minimum atomic E-state index is 0.423. The number of nitrogens with zero attached hydrogens (tertiary/aromatic N) is 1. The van der Waals surface area contributed by atoms with E-state index in [-0.39, 0.29) is 0 Å². The minimum absolute atomic E-state index is 0.423. The van der Waals surface area contributed by atoms with Gasteiger partial charge >= 0.3 is 0 Å². The predicted octanol–water partition coefficient (Wildman–Crippen LogP) is 3.52. The molecule has 0 aromatic rings. The normalized spacial score (nSPS) is 24.8. The Labute approximate surface area is 115 Å². The first-order chi connectivity index (χ1) is 8.43. The van der Waals surface area contributed by atoms with E-state index in [2.05, 4.69) is 44.8 Å². The molecule has 2 unspecified atom stereocenters. The van der Waals surface area contributed by atoms with Gasteiger partial charge in [0.25, 0.3) is 0 Å². The summed E-state index contributed by atoms with van der Waals surface area (Å²) in [5, 5.41) is 3.80. The van der Waals surface area contributed by atoms with Gasteiger partial charge in [0.1, 0.15) is 0 Å². The summed E-state index contributed by atoms with van der Waals surface area (Å²) >= 11 is 0. The van der Waals surface area contributed by atoms with Crippen molar-refractivity contribution >= 4 is 0 Å². The average molecular weight is 254 g/mol. The highest BCUT2D eigenvalue weighted by Crippen LogP contribution is 2.24. The van der Waals surface area contributed by atoms with Crippen molar-refractivity contribution in [3.63, 3.8) is 0 Å². The van der Waals surface area contributed by atoms with Crippen LogP contribution in [-0.4, -0.2) is 37.1 Å². The van der Waals surface area contributed by atoms with Gasteiger partial charge in [0.15, 0.2) is 0 Å². The van der Waals surface area contributed by atoms with Crippen LogP contribution in [0, 0.1) is 11.3 Å². The molecule has 0 bridgehead atoms. The monoisotopic (exact) mass is 254 g/mol.